The summed E-state index contributed by atoms with van der Waals surface area (Å²) in [5.74, 6) is 0.456. The highest BCUT2D eigenvalue weighted by Gasteiger charge is 2.04. The van der Waals surface area contributed by atoms with Gasteiger partial charge in [0.1, 0.15) is 5.82 Å². The van der Waals surface area contributed by atoms with Crippen LogP contribution in [-0.2, 0) is 6.42 Å². The molecule has 0 bridgehead atoms. The molecule has 2 heteroatoms. The third-order valence-electron chi connectivity index (χ3n) is 3.25. The van der Waals surface area contributed by atoms with Crippen molar-refractivity contribution in [3.05, 3.63) is 54.1 Å². The minimum Gasteiger partial charge on any atom is -0.264 e. The van der Waals surface area contributed by atoms with Gasteiger partial charge in [0.15, 0.2) is 0 Å². The van der Waals surface area contributed by atoms with Crippen LogP contribution in [0.15, 0.2) is 42.7 Å². The van der Waals surface area contributed by atoms with Crippen LogP contribution in [0.25, 0.3) is 11.1 Å². The van der Waals surface area contributed by atoms with Gasteiger partial charge in [-0.1, -0.05) is 32.4 Å². The lowest BCUT2D eigenvalue weighted by Gasteiger charge is -2.09. The molecule has 1 aromatic heterocycles. The van der Waals surface area contributed by atoms with Crippen molar-refractivity contribution in [1.82, 2.24) is 4.98 Å². The second-order valence-electron chi connectivity index (χ2n) is 4.81. The molecule has 18 heavy (non-hydrogen) atoms. The summed E-state index contributed by atoms with van der Waals surface area (Å²) in [6.45, 7) is 4.44. The molecule has 1 nitrogen and oxygen atoms in total. The lowest BCUT2D eigenvalue weighted by Crippen LogP contribution is -1.98. The van der Waals surface area contributed by atoms with Gasteiger partial charge in [0, 0.05) is 18.0 Å². The Hall–Kier alpha value is -1.70. The third kappa shape index (κ3) is 3.16. The molecular formula is C16H18FN. The zero-order valence-corrected chi connectivity index (χ0v) is 10.9. The standard InChI is InChI=1S/C16H18FN/c1-3-12(2)8-13-9-15(11-18-10-13)14-4-6-16(17)7-5-14/h4-7,9-12H,3,8H2,1-2H3. The van der Waals surface area contributed by atoms with Gasteiger partial charge in [-0.2, -0.15) is 0 Å². The first-order chi connectivity index (χ1) is 8.69. The second-order valence-corrected chi connectivity index (χ2v) is 4.81. The Morgan fingerprint density at radius 3 is 2.50 bits per heavy atom. The second kappa shape index (κ2) is 5.76. The van der Waals surface area contributed by atoms with Crippen molar-refractivity contribution in [2.24, 2.45) is 5.92 Å². The van der Waals surface area contributed by atoms with E-state index in [1.165, 1.54) is 24.1 Å². The largest absolute Gasteiger partial charge is 0.264 e. The van der Waals surface area contributed by atoms with Gasteiger partial charge in [0.25, 0.3) is 0 Å². The molecule has 0 fully saturated rings. The van der Waals surface area contributed by atoms with E-state index in [0.717, 1.165) is 17.5 Å². The highest BCUT2D eigenvalue weighted by atomic mass is 19.1. The van der Waals surface area contributed by atoms with Crippen LogP contribution >= 0.6 is 0 Å². The maximum absolute atomic E-state index is 12.9. The Morgan fingerprint density at radius 1 is 1.11 bits per heavy atom. The fourth-order valence-electron chi connectivity index (χ4n) is 1.95. The van der Waals surface area contributed by atoms with E-state index in [4.69, 9.17) is 0 Å². The summed E-state index contributed by atoms with van der Waals surface area (Å²) < 4.78 is 12.9. The number of aromatic nitrogens is 1. The highest BCUT2D eigenvalue weighted by molar-refractivity contribution is 5.62. The number of hydrogen-bond acceptors (Lipinski definition) is 1. The average molecular weight is 243 g/mol. The highest BCUT2D eigenvalue weighted by Crippen LogP contribution is 2.21. The number of halogens is 1. The molecule has 1 unspecified atom stereocenters. The third-order valence-corrected chi connectivity index (χ3v) is 3.25. The smallest absolute Gasteiger partial charge is 0.123 e. The maximum Gasteiger partial charge on any atom is 0.123 e. The van der Waals surface area contributed by atoms with Crippen molar-refractivity contribution in [2.75, 3.05) is 0 Å². The van der Waals surface area contributed by atoms with E-state index < -0.39 is 0 Å². The molecular weight excluding hydrogens is 225 g/mol. The predicted octanol–water partition coefficient (Wildman–Crippen LogP) is 4.48. The maximum atomic E-state index is 12.9. The molecule has 1 aromatic carbocycles. The average Bonchev–Trinajstić information content (AvgIpc) is 2.40. The van der Waals surface area contributed by atoms with E-state index in [1.807, 2.05) is 12.4 Å². The van der Waals surface area contributed by atoms with Crippen molar-refractivity contribution in [1.29, 1.82) is 0 Å². The Kier molecular flexibility index (Phi) is 4.08. The van der Waals surface area contributed by atoms with E-state index in [-0.39, 0.29) is 5.82 Å². The summed E-state index contributed by atoms with van der Waals surface area (Å²) in [5, 5.41) is 0. The lowest BCUT2D eigenvalue weighted by molar-refractivity contribution is 0.559. The van der Waals surface area contributed by atoms with E-state index in [2.05, 4.69) is 24.9 Å². The molecule has 0 amide bonds. The first-order valence-electron chi connectivity index (χ1n) is 6.39. The van der Waals surface area contributed by atoms with Crippen molar-refractivity contribution in [3.63, 3.8) is 0 Å². The molecule has 0 aliphatic heterocycles. The van der Waals surface area contributed by atoms with Gasteiger partial charge >= 0.3 is 0 Å². The van der Waals surface area contributed by atoms with Crippen molar-refractivity contribution in [3.8, 4) is 11.1 Å². The van der Waals surface area contributed by atoms with Crippen LogP contribution in [0.3, 0.4) is 0 Å². The van der Waals surface area contributed by atoms with Crippen LogP contribution in [-0.4, -0.2) is 4.98 Å². The van der Waals surface area contributed by atoms with Crippen molar-refractivity contribution < 1.29 is 4.39 Å². The Labute approximate surface area is 108 Å². The summed E-state index contributed by atoms with van der Waals surface area (Å²) in [6.07, 6.45) is 5.95. The zero-order chi connectivity index (χ0) is 13.0. The Bertz CT molecular complexity index is 505. The quantitative estimate of drug-likeness (QED) is 0.771. The van der Waals surface area contributed by atoms with Gasteiger partial charge in [-0.25, -0.2) is 4.39 Å². The molecule has 0 saturated carbocycles. The normalized spacial score (nSPS) is 12.4. The van der Waals surface area contributed by atoms with Crippen LogP contribution in [0.4, 0.5) is 4.39 Å². The monoisotopic (exact) mass is 243 g/mol. The minimum atomic E-state index is -0.206. The summed E-state index contributed by atoms with van der Waals surface area (Å²) in [5.41, 5.74) is 3.30. The molecule has 0 saturated heterocycles. The van der Waals surface area contributed by atoms with Gasteiger partial charge in [-0.15, -0.1) is 0 Å². The van der Waals surface area contributed by atoms with Crippen LogP contribution in [0.5, 0.6) is 0 Å². The number of rotatable bonds is 4. The molecule has 2 rings (SSSR count). The topological polar surface area (TPSA) is 12.9 Å². The van der Waals surface area contributed by atoms with Crippen molar-refractivity contribution >= 4 is 0 Å². The fraction of sp³-hybridized carbons (Fsp3) is 0.312. The van der Waals surface area contributed by atoms with Crippen LogP contribution in [0.1, 0.15) is 25.8 Å². The van der Waals surface area contributed by atoms with E-state index in [1.54, 1.807) is 12.1 Å². The van der Waals surface area contributed by atoms with E-state index >= 15 is 0 Å². The number of nitrogens with zero attached hydrogens (tertiary/aromatic N) is 1. The van der Waals surface area contributed by atoms with E-state index in [0.29, 0.717) is 5.92 Å². The molecule has 0 N–H and O–H groups in total. The Balaban J connectivity index is 2.24. The lowest BCUT2D eigenvalue weighted by atomic mass is 9.98. The van der Waals surface area contributed by atoms with Gasteiger partial charge in [0.2, 0.25) is 0 Å². The SMILES string of the molecule is CCC(C)Cc1cncc(-c2ccc(F)cc2)c1. The number of pyridine rings is 1. The van der Waals surface area contributed by atoms with Crippen LogP contribution in [0.2, 0.25) is 0 Å². The van der Waals surface area contributed by atoms with Crippen LogP contribution < -0.4 is 0 Å². The summed E-state index contributed by atoms with van der Waals surface area (Å²) in [7, 11) is 0. The predicted molar refractivity (Wildman–Crippen MR) is 72.8 cm³/mol. The fourth-order valence-corrected chi connectivity index (χ4v) is 1.95. The van der Waals surface area contributed by atoms with Crippen molar-refractivity contribution in [2.45, 2.75) is 26.7 Å². The van der Waals surface area contributed by atoms with Gasteiger partial charge in [-0.3, -0.25) is 4.98 Å². The van der Waals surface area contributed by atoms with Gasteiger partial charge < -0.3 is 0 Å². The molecule has 1 atom stereocenters. The summed E-state index contributed by atoms with van der Waals surface area (Å²) in [6, 6.07) is 8.69. The molecule has 0 radical (unpaired) electrons. The molecule has 94 valence electrons. The summed E-state index contributed by atoms with van der Waals surface area (Å²) >= 11 is 0. The van der Waals surface area contributed by atoms with E-state index in [9.17, 15) is 4.39 Å². The van der Waals surface area contributed by atoms with Gasteiger partial charge in [-0.05, 0) is 41.7 Å². The zero-order valence-electron chi connectivity index (χ0n) is 10.9. The van der Waals surface area contributed by atoms with Gasteiger partial charge in [0.05, 0.1) is 0 Å². The van der Waals surface area contributed by atoms with Crippen LogP contribution in [0, 0.1) is 11.7 Å². The first kappa shape index (κ1) is 12.7. The molecule has 2 aromatic rings. The minimum absolute atomic E-state index is 0.206. The number of benzene rings is 1. The Morgan fingerprint density at radius 2 is 1.83 bits per heavy atom. The molecule has 0 spiro atoms. The molecule has 0 aliphatic rings. The first-order valence-corrected chi connectivity index (χ1v) is 6.39. The molecule has 0 aliphatic carbocycles. The summed E-state index contributed by atoms with van der Waals surface area (Å²) in [4.78, 5) is 4.28. The number of hydrogen-bond donors (Lipinski definition) is 0. The molecule has 1 heterocycles.